The lowest BCUT2D eigenvalue weighted by Crippen LogP contribution is -2.54. The topological polar surface area (TPSA) is 84.5 Å². The van der Waals surface area contributed by atoms with E-state index >= 15 is 0 Å². The molecule has 0 radical (unpaired) electrons. The summed E-state index contributed by atoms with van der Waals surface area (Å²) in [5.74, 6) is -0.729. The van der Waals surface area contributed by atoms with Crippen LogP contribution in [0.5, 0.6) is 0 Å². The minimum atomic E-state index is -0.809. The van der Waals surface area contributed by atoms with E-state index in [0.29, 0.717) is 6.42 Å². The van der Waals surface area contributed by atoms with Gasteiger partial charge in [0.1, 0.15) is 12.6 Å². The molecule has 154 valence electrons. The van der Waals surface area contributed by atoms with Crippen LogP contribution in [0.25, 0.3) is 0 Å². The lowest BCUT2D eigenvalue weighted by molar-refractivity contribution is -0.128. The van der Waals surface area contributed by atoms with E-state index in [2.05, 4.69) is 10.6 Å². The van der Waals surface area contributed by atoms with Crippen molar-refractivity contribution in [3.05, 3.63) is 71.8 Å². The molecule has 6 heteroatoms. The SMILES string of the molecule is CC(=O)C(Cc1ccccc1)NC(=O)C(NC(=O)OCc1ccccc1)C(C)C. The van der Waals surface area contributed by atoms with Gasteiger partial charge in [-0.25, -0.2) is 4.79 Å². The number of ketones is 1. The number of rotatable bonds is 9. The first-order valence-electron chi connectivity index (χ1n) is 9.68. The molecule has 2 amide bonds. The van der Waals surface area contributed by atoms with Crippen LogP contribution in [0, 0.1) is 5.92 Å². The van der Waals surface area contributed by atoms with Crippen molar-refractivity contribution in [2.75, 3.05) is 0 Å². The summed E-state index contributed by atoms with van der Waals surface area (Å²) in [5.41, 5.74) is 1.80. The highest BCUT2D eigenvalue weighted by atomic mass is 16.5. The van der Waals surface area contributed by atoms with Crippen molar-refractivity contribution in [1.29, 1.82) is 0 Å². The monoisotopic (exact) mass is 396 g/mol. The van der Waals surface area contributed by atoms with Gasteiger partial charge in [0.05, 0.1) is 6.04 Å². The van der Waals surface area contributed by atoms with E-state index in [1.807, 2.05) is 74.5 Å². The second-order valence-corrected chi connectivity index (χ2v) is 7.29. The van der Waals surface area contributed by atoms with Gasteiger partial charge >= 0.3 is 6.09 Å². The van der Waals surface area contributed by atoms with Crippen molar-refractivity contribution in [2.24, 2.45) is 5.92 Å². The summed E-state index contributed by atoms with van der Waals surface area (Å²) in [7, 11) is 0. The zero-order chi connectivity index (χ0) is 21.2. The summed E-state index contributed by atoms with van der Waals surface area (Å²) in [6, 6.07) is 17.3. The minimum absolute atomic E-state index is 0.114. The third-order valence-electron chi connectivity index (χ3n) is 4.53. The number of hydrogen-bond acceptors (Lipinski definition) is 4. The molecule has 6 nitrogen and oxygen atoms in total. The highest BCUT2D eigenvalue weighted by Crippen LogP contribution is 2.08. The van der Waals surface area contributed by atoms with Gasteiger partial charge < -0.3 is 15.4 Å². The number of hydrogen-bond donors (Lipinski definition) is 2. The molecule has 0 aliphatic rings. The van der Waals surface area contributed by atoms with Crippen LogP contribution in [0.3, 0.4) is 0 Å². The fourth-order valence-electron chi connectivity index (χ4n) is 2.83. The average molecular weight is 396 g/mol. The number of carbonyl (C=O) groups is 3. The first-order valence-corrected chi connectivity index (χ1v) is 9.68. The lowest BCUT2D eigenvalue weighted by atomic mass is 10.00. The van der Waals surface area contributed by atoms with Crippen molar-refractivity contribution in [1.82, 2.24) is 10.6 Å². The Kier molecular flexibility index (Phi) is 8.40. The Balaban J connectivity index is 1.96. The minimum Gasteiger partial charge on any atom is -0.445 e. The summed E-state index contributed by atoms with van der Waals surface area (Å²) in [6.45, 7) is 5.20. The van der Waals surface area contributed by atoms with Crippen LogP contribution in [-0.4, -0.2) is 29.9 Å². The number of carbonyl (C=O) groups excluding carboxylic acids is 3. The van der Waals surface area contributed by atoms with Crippen LogP contribution < -0.4 is 10.6 Å². The molecule has 0 aliphatic carbocycles. The second kappa shape index (κ2) is 11.0. The van der Waals surface area contributed by atoms with Crippen molar-refractivity contribution >= 4 is 17.8 Å². The Hall–Kier alpha value is -3.15. The summed E-state index contributed by atoms with van der Waals surface area (Å²) < 4.78 is 5.21. The third-order valence-corrected chi connectivity index (χ3v) is 4.53. The summed E-state index contributed by atoms with van der Waals surface area (Å²) in [4.78, 5) is 37.0. The van der Waals surface area contributed by atoms with Gasteiger partial charge in [0.2, 0.25) is 5.91 Å². The summed E-state index contributed by atoms with van der Waals surface area (Å²) in [6.07, 6.45) is -0.282. The molecular weight excluding hydrogens is 368 g/mol. The lowest BCUT2D eigenvalue weighted by Gasteiger charge is -2.24. The zero-order valence-electron chi connectivity index (χ0n) is 17.1. The second-order valence-electron chi connectivity index (χ2n) is 7.29. The van der Waals surface area contributed by atoms with E-state index in [1.165, 1.54) is 6.92 Å². The third kappa shape index (κ3) is 7.41. The van der Waals surface area contributed by atoms with Crippen molar-refractivity contribution < 1.29 is 19.1 Å². The molecule has 0 heterocycles. The highest BCUT2D eigenvalue weighted by Gasteiger charge is 2.28. The van der Waals surface area contributed by atoms with E-state index in [4.69, 9.17) is 4.74 Å². The Morgan fingerprint density at radius 1 is 0.862 bits per heavy atom. The van der Waals surface area contributed by atoms with Gasteiger partial charge in [-0.05, 0) is 30.4 Å². The van der Waals surface area contributed by atoms with Crippen molar-refractivity contribution in [3.63, 3.8) is 0 Å². The number of nitrogens with one attached hydrogen (secondary N) is 2. The molecule has 0 aliphatic heterocycles. The molecule has 2 atom stereocenters. The maximum atomic E-state index is 12.8. The fraction of sp³-hybridized carbons (Fsp3) is 0.348. The van der Waals surface area contributed by atoms with Gasteiger partial charge in [-0.15, -0.1) is 0 Å². The Labute approximate surface area is 171 Å². The fourth-order valence-corrected chi connectivity index (χ4v) is 2.83. The predicted molar refractivity (Wildman–Crippen MR) is 111 cm³/mol. The number of benzene rings is 2. The van der Waals surface area contributed by atoms with Gasteiger partial charge in [0.25, 0.3) is 0 Å². The molecule has 2 rings (SSSR count). The number of amides is 2. The Morgan fingerprint density at radius 2 is 1.41 bits per heavy atom. The van der Waals surface area contributed by atoms with Crippen LogP contribution >= 0.6 is 0 Å². The van der Waals surface area contributed by atoms with Crippen LogP contribution in [0.1, 0.15) is 31.9 Å². The van der Waals surface area contributed by atoms with E-state index < -0.39 is 24.1 Å². The molecule has 0 saturated carbocycles. The smallest absolute Gasteiger partial charge is 0.408 e. The van der Waals surface area contributed by atoms with E-state index in [0.717, 1.165) is 11.1 Å². The normalized spacial score (nSPS) is 12.7. The van der Waals surface area contributed by atoms with Crippen LogP contribution in [0.15, 0.2) is 60.7 Å². The Morgan fingerprint density at radius 3 is 1.93 bits per heavy atom. The molecule has 0 saturated heterocycles. The van der Waals surface area contributed by atoms with Crippen LogP contribution in [-0.2, 0) is 27.4 Å². The van der Waals surface area contributed by atoms with Crippen molar-refractivity contribution in [3.8, 4) is 0 Å². The van der Waals surface area contributed by atoms with Gasteiger partial charge in [0.15, 0.2) is 5.78 Å². The molecule has 29 heavy (non-hydrogen) atoms. The standard InChI is InChI=1S/C23H28N2O4/c1-16(2)21(25-23(28)29-15-19-12-8-5-9-13-19)22(27)24-20(17(3)26)14-18-10-6-4-7-11-18/h4-13,16,20-21H,14-15H2,1-3H3,(H,24,27)(H,25,28). The van der Waals surface area contributed by atoms with E-state index in [1.54, 1.807) is 0 Å². The molecule has 2 aromatic carbocycles. The maximum Gasteiger partial charge on any atom is 0.408 e. The van der Waals surface area contributed by atoms with Gasteiger partial charge in [-0.1, -0.05) is 74.5 Å². The number of alkyl carbamates (subject to hydrolysis) is 1. The molecule has 2 N–H and O–H groups in total. The van der Waals surface area contributed by atoms with Gasteiger partial charge in [0, 0.05) is 0 Å². The number of ether oxygens (including phenoxy) is 1. The summed E-state index contributed by atoms with van der Waals surface area (Å²) >= 11 is 0. The maximum absolute atomic E-state index is 12.8. The Bertz CT molecular complexity index is 806. The number of Topliss-reactive ketones (excluding diaryl/α,β-unsaturated/α-hetero) is 1. The quantitative estimate of drug-likeness (QED) is 0.681. The molecule has 2 unspecified atom stereocenters. The van der Waals surface area contributed by atoms with E-state index in [9.17, 15) is 14.4 Å². The summed E-state index contributed by atoms with van der Waals surface area (Å²) in [5, 5.41) is 5.38. The average Bonchev–Trinajstić information content (AvgIpc) is 2.71. The molecule has 0 spiro atoms. The zero-order valence-corrected chi connectivity index (χ0v) is 17.1. The van der Waals surface area contributed by atoms with E-state index in [-0.39, 0.29) is 18.3 Å². The molecule has 0 fully saturated rings. The van der Waals surface area contributed by atoms with Gasteiger partial charge in [-0.2, -0.15) is 0 Å². The highest BCUT2D eigenvalue weighted by molar-refractivity contribution is 5.91. The molecule has 0 aromatic heterocycles. The first-order chi connectivity index (χ1) is 13.9. The van der Waals surface area contributed by atoms with Crippen LogP contribution in [0.4, 0.5) is 4.79 Å². The molecular formula is C23H28N2O4. The predicted octanol–water partition coefficient (Wildman–Crippen LogP) is 3.25. The molecule has 0 bridgehead atoms. The van der Waals surface area contributed by atoms with Crippen molar-refractivity contribution in [2.45, 2.75) is 45.9 Å². The molecule has 2 aromatic rings. The van der Waals surface area contributed by atoms with Crippen LogP contribution in [0.2, 0.25) is 0 Å². The largest absolute Gasteiger partial charge is 0.445 e. The first kappa shape index (κ1) is 22.1. The van der Waals surface area contributed by atoms with Gasteiger partial charge in [-0.3, -0.25) is 9.59 Å².